The van der Waals surface area contributed by atoms with E-state index in [4.69, 9.17) is 0 Å². The number of likely N-dealkylation sites (N-methyl/N-ethyl adjacent to an activating group) is 1. The average molecular weight is 268 g/mol. The predicted octanol–water partition coefficient (Wildman–Crippen LogP) is -0.118. The van der Waals surface area contributed by atoms with E-state index < -0.39 is 0 Å². The lowest BCUT2D eigenvalue weighted by atomic mass is 10.0. The second-order valence-corrected chi connectivity index (χ2v) is 5.79. The van der Waals surface area contributed by atoms with Gasteiger partial charge in [0.1, 0.15) is 0 Å². The van der Waals surface area contributed by atoms with E-state index in [2.05, 4.69) is 27.5 Å². The van der Waals surface area contributed by atoms with E-state index in [-0.39, 0.29) is 11.9 Å². The number of rotatable bonds is 5. The van der Waals surface area contributed by atoms with Gasteiger partial charge in [-0.1, -0.05) is 6.42 Å². The van der Waals surface area contributed by atoms with Crippen molar-refractivity contribution < 1.29 is 4.79 Å². The molecular formula is C14H28N4O. The fourth-order valence-electron chi connectivity index (χ4n) is 2.78. The van der Waals surface area contributed by atoms with E-state index in [1.807, 2.05) is 0 Å². The van der Waals surface area contributed by atoms with Crippen molar-refractivity contribution >= 4 is 5.91 Å². The Hall–Kier alpha value is -0.650. The quantitative estimate of drug-likeness (QED) is 0.683. The van der Waals surface area contributed by atoms with Crippen LogP contribution in [0.1, 0.15) is 25.7 Å². The van der Waals surface area contributed by atoms with Gasteiger partial charge in [0.15, 0.2) is 0 Å². The third-order valence-electron chi connectivity index (χ3n) is 4.17. The van der Waals surface area contributed by atoms with Gasteiger partial charge in [-0.05, 0) is 39.4 Å². The second kappa shape index (κ2) is 7.82. The van der Waals surface area contributed by atoms with E-state index in [0.29, 0.717) is 0 Å². The first kappa shape index (κ1) is 14.8. The van der Waals surface area contributed by atoms with Gasteiger partial charge in [-0.3, -0.25) is 4.79 Å². The zero-order valence-corrected chi connectivity index (χ0v) is 12.2. The van der Waals surface area contributed by atoms with Crippen molar-refractivity contribution in [1.82, 2.24) is 20.4 Å². The summed E-state index contributed by atoms with van der Waals surface area (Å²) in [5.74, 6) is 0.193. The van der Waals surface area contributed by atoms with Crippen LogP contribution in [-0.4, -0.2) is 74.6 Å². The summed E-state index contributed by atoms with van der Waals surface area (Å²) in [5, 5.41) is 6.35. The Morgan fingerprint density at radius 1 is 1.26 bits per heavy atom. The fraction of sp³-hybridized carbons (Fsp3) is 0.929. The highest BCUT2D eigenvalue weighted by molar-refractivity contribution is 5.81. The van der Waals surface area contributed by atoms with Crippen molar-refractivity contribution in [2.45, 2.75) is 31.7 Å². The number of carbonyl (C=O) groups is 1. The van der Waals surface area contributed by atoms with Crippen molar-refractivity contribution in [2.75, 3.05) is 52.9 Å². The molecule has 0 aliphatic carbocycles. The maximum absolute atomic E-state index is 11.9. The molecule has 0 aromatic carbocycles. The first-order chi connectivity index (χ1) is 9.25. The van der Waals surface area contributed by atoms with Gasteiger partial charge in [0.05, 0.1) is 6.04 Å². The summed E-state index contributed by atoms with van der Waals surface area (Å²) in [6.07, 6.45) is 4.42. The van der Waals surface area contributed by atoms with Crippen LogP contribution in [0.5, 0.6) is 0 Å². The van der Waals surface area contributed by atoms with Gasteiger partial charge in [0.2, 0.25) is 5.91 Å². The Labute approximate surface area is 116 Å². The molecule has 0 unspecified atom stereocenters. The van der Waals surface area contributed by atoms with Crippen molar-refractivity contribution in [3.63, 3.8) is 0 Å². The minimum Gasteiger partial charge on any atom is -0.355 e. The van der Waals surface area contributed by atoms with Crippen LogP contribution < -0.4 is 10.6 Å². The van der Waals surface area contributed by atoms with E-state index in [0.717, 1.165) is 45.6 Å². The standard InChI is InChI=1S/C14H28N4O/c1-17-9-11-18(12-10-17)8-4-7-16-14(19)13-5-2-3-6-15-13/h13,15H,2-12H2,1H3,(H,16,19)/t13-/m0/s1. The lowest BCUT2D eigenvalue weighted by Crippen LogP contribution is -2.47. The van der Waals surface area contributed by atoms with Crippen molar-refractivity contribution in [2.24, 2.45) is 0 Å². The summed E-state index contributed by atoms with van der Waals surface area (Å²) in [6, 6.07) is 0.0531. The Bertz CT molecular complexity index is 271. The number of amides is 1. The summed E-state index contributed by atoms with van der Waals surface area (Å²) in [5.41, 5.74) is 0. The SMILES string of the molecule is CN1CCN(CCCNC(=O)[C@@H]2CCCCN2)CC1. The van der Waals surface area contributed by atoms with E-state index in [1.54, 1.807) is 0 Å². The first-order valence-corrected chi connectivity index (χ1v) is 7.68. The first-order valence-electron chi connectivity index (χ1n) is 7.68. The topological polar surface area (TPSA) is 47.6 Å². The number of nitrogens with zero attached hydrogens (tertiary/aromatic N) is 2. The Kier molecular flexibility index (Phi) is 6.07. The minimum atomic E-state index is 0.0531. The van der Waals surface area contributed by atoms with Crippen LogP contribution in [0.25, 0.3) is 0 Å². The Morgan fingerprint density at radius 2 is 2.05 bits per heavy atom. The van der Waals surface area contributed by atoms with Crippen LogP contribution in [0.15, 0.2) is 0 Å². The molecule has 5 heteroatoms. The number of carbonyl (C=O) groups excluding carboxylic acids is 1. The molecule has 2 rings (SSSR count). The van der Waals surface area contributed by atoms with Gasteiger partial charge >= 0.3 is 0 Å². The van der Waals surface area contributed by atoms with Crippen LogP contribution in [0.4, 0.5) is 0 Å². The smallest absolute Gasteiger partial charge is 0.237 e. The van der Waals surface area contributed by atoms with Crippen molar-refractivity contribution in [3.8, 4) is 0 Å². The maximum atomic E-state index is 11.9. The van der Waals surface area contributed by atoms with Gasteiger partial charge in [0.25, 0.3) is 0 Å². The lowest BCUT2D eigenvalue weighted by molar-refractivity contribution is -0.123. The van der Waals surface area contributed by atoms with Gasteiger partial charge in [-0.2, -0.15) is 0 Å². The van der Waals surface area contributed by atoms with Crippen LogP contribution in [-0.2, 0) is 4.79 Å². The van der Waals surface area contributed by atoms with E-state index >= 15 is 0 Å². The monoisotopic (exact) mass is 268 g/mol. The molecule has 2 aliphatic heterocycles. The molecule has 0 saturated carbocycles. The normalized spacial score (nSPS) is 26.3. The van der Waals surface area contributed by atoms with Gasteiger partial charge < -0.3 is 20.4 Å². The molecule has 2 saturated heterocycles. The third kappa shape index (κ3) is 5.09. The van der Waals surface area contributed by atoms with Crippen molar-refractivity contribution in [3.05, 3.63) is 0 Å². The van der Waals surface area contributed by atoms with Crippen LogP contribution in [0, 0.1) is 0 Å². The molecule has 110 valence electrons. The van der Waals surface area contributed by atoms with Gasteiger partial charge in [0, 0.05) is 32.7 Å². The number of hydrogen-bond donors (Lipinski definition) is 2. The molecule has 19 heavy (non-hydrogen) atoms. The van der Waals surface area contributed by atoms with E-state index in [9.17, 15) is 4.79 Å². The molecule has 2 N–H and O–H groups in total. The van der Waals surface area contributed by atoms with E-state index in [1.165, 1.54) is 25.9 Å². The molecule has 2 heterocycles. The number of piperidine rings is 1. The summed E-state index contributed by atoms with van der Waals surface area (Å²) in [6.45, 7) is 7.55. The fourth-order valence-corrected chi connectivity index (χ4v) is 2.78. The zero-order valence-electron chi connectivity index (χ0n) is 12.2. The predicted molar refractivity (Wildman–Crippen MR) is 77.2 cm³/mol. The molecule has 0 spiro atoms. The molecule has 2 aliphatic rings. The third-order valence-corrected chi connectivity index (χ3v) is 4.17. The highest BCUT2D eigenvalue weighted by Gasteiger charge is 2.19. The summed E-state index contributed by atoms with van der Waals surface area (Å²) >= 11 is 0. The summed E-state index contributed by atoms with van der Waals surface area (Å²) in [4.78, 5) is 16.8. The van der Waals surface area contributed by atoms with Crippen LogP contribution >= 0.6 is 0 Å². The molecule has 0 aromatic rings. The number of nitrogens with one attached hydrogen (secondary N) is 2. The molecule has 0 radical (unpaired) electrons. The average Bonchev–Trinajstić information content (AvgIpc) is 2.46. The molecule has 2 fully saturated rings. The molecule has 5 nitrogen and oxygen atoms in total. The second-order valence-electron chi connectivity index (χ2n) is 5.79. The van der Waals surface area contributed by atoms with Gasteiger partial charge in [-0.15, -0.1) is 0 Å². The largest absolute Gasteiger partial charge is 0.355 e. The lowest BCUT2D eigenvalue weighted by Gasteiger charge is -2.32. The highest BCUT2D eigenvalue weighted by Crippen LogP contribution is 2.06. The zero-order chi connectivity index (χ0) is 13.5. The summed E-state index contributed by atoms with van der Waals surface area (Å²) in [7, 11) is 2.18. The van der Waals surface area contributed by atoms with Crippen LogP contribution in [0.3, 0.4) is 0 Å². The molecular weight excluding hydrogens is 240 g/mol. The van der Waals surface area contributed by atoms with Gasteiger partial charge in [-0.25, -0.2) is 0 Å². The molecule has 0 bridgehead atoms. The minimum absolute atomic E-state index is 0.0531. The number of hydrogen-bond acceptors (Lipinski definition) is 4. The highest BCUT2D eigenvalue weighted by atomic mass is 16.2. The summed E-state index contributed by atoms with van der Waals surface area (Å²) < 4.78 is 0. The molecule has 1 atom stereocenters. The molecule has 0 aromatic heterocycles. The Morgan fingerprint density at radius 3 is 2.74 bits per heavy atom. The molecule has 1 amide bonds. The maximum Gasteiger partial charge on any atom is 0.237 e. The van der Waals surface area contributed by atoms with Crippen molar-refractivity contribution in [1.29, 1.82) is 0 Å². The van der Waals surface area contributed by atoms with Crippen LogP contribution in [0.2, 0.25) is 0 Å². The Balaban J connectivity index is 1.52. The number of piperazine rings is 1.